The Morgan fingerprint density at radius 3 is 2.28 bits per heavy atom. The summed E-state index contributed by atoms with van der Waals surface area (Å²) in [5.74, 6) is -0.201. The van der Waals surface area contributed by atoms with Crippen LogP contribution in [0.15, 0.2) is 72.9 Å². The number of esters is 1. The van der Waals surface area contributed by atoms with Gasteiger partial charge in [-0.15, -0.1) is 0 Å². The summed E-state index contributed by atoms with van der Waals surface area (Å²) < 4.78 is 49.2. The zero-order valence-electron chi connectivity index (χ0n) is 19.1. The third-order valence-electron chi connectivity index (χ3n) is 6.28. The summed E-state index contributed by atoms with van der Waals surface area (Å²) >= 11 is 0. The number of alkyl halides is 3. The molecule has 1 amide bonds. The molecule has 0 saturated heterocycles. The number of nitrogens with one attached hydrogen (secondary N) is 2. The molecular weight excluding hydrogens is 473 g/mol. The van der Waals surface area contributed by atoms with Crippen molar-refractivity contribution in [3.63, 3.8) is 0 Å². The maximum atomic E-state index is 13.3. The number of fused-ring (bicyclic) bond motifs is 1. The molecule has 184 valence electrons. The van der Waals surface area contributed by atoms with Gasteiger partial charge in [0.05, 0.1) is 34.7 Å². The zero-order valence-corrected chi connectivity index (χ0v) is 19.1. The minimum Gasteiger partial charge on any atom is -0.465 e. The number of benzene rings is 3. The van der Waals surface area contributed by atoms with E-state index in [0.717, 1.165) is 30.5 Å². The molecule has 3 aromatic carbocycles. The van der Waals surface area contributed by atoms with Crippen LogP contribution >= 0.6 is 0 Å². The van der Waals surface area contributed by atoms with Crippen LogP contribution in [0.4, 0.5) is 13.2 Å². The van der Waals surface area contributed by atoms with Crippen LogP contribution in [0.25, 0.3) is 10.9 Å². The quantitative estimate of drug-likeness (QED) is 0.314. The SMILES string of the molecule is COC(=O)c1ccc(C2(NC(=O)c3c[nH]c4cccc(Oc5ccc(C(F)(F)F)cc5)c34)CC2)cc1. The normalized spacial score (nSPS) is 14.3. The minimum atomic E-state index is -4.44. The Labute approximate surface area is 204 Å². The molecule has 0 bridgehead atoms. The average Bonchev–Trinajstić information content (AvgIpc) is 3.51. The summed E-state index contributed by atoms with van der Waals surface area (Å²) in [6.45, 7) is 0. The zero-order chi connectivity index (χ0) is 25.5. The van der Waals surface area contributed by atoms with Gasteiger partial charge in [-0.1, -0.05) is 18.2 Å². The van der Waals surface area contributed by atoms with E-state index in [-0.39, 0.29) is 11.7 Å². The van der Waals surface area contributed by atoms with Gasteiger partial charge in [0, 0.05) is 11.7 Å². The van der Waals surface area contributed by atoms with Crippen LogP contribution in [0.3, 0.4) is 0 Å². The first-order valence-electron chi connectivity index (χ1n) is 11.2. The van der Waals surface area contributed by atoms with E-state index >= 15 is 0 Å². The number of methoxy groups -OCH3 is 1. The highest BCUT2D eigenvalue weighted by Gasteiger charge is 2.46. The van der Waals surface area contributed by atoms with Crippen LogP contribution in [0.2, 0.25) is 0 Å². The Morgan fingerprint density at radius 1 is 0.972 bits per heavy atom. The lowest BCUT2D eigenvalue weighted by Crippen LogP contribution is -2.34. The van der Waals surface area contributed by atoms with E-state index in [1.165, 1.54) is 19.2 Å². The number of carbonyl (C=O) groups excluding carboxylic acids is 2. The van der Waals surface area contributed by atoms with E-state index in [9.17, 15) is 22.8 Å². The number of hydrogen-bond donors (Lipinski definition) is 2. The van der Waals surface area contributed by atoms with Crippen molar-refractivity contribution in [1.29, 1.82) is 0 Å². The van der Waals surface area contributed by atoms with Gasteiger partial charge in [0.1, 0.15) is 11.5 Å². The molecule has 1 fully saturated rings. The monoisotopic (exact) mass is 494 g/mol. The summed E-state index contributed by atoms with van der Waals surface area (Å²) in [6.07, 6.45) is -1.37. The lowest BCUT2D eigenvalue weighted by atomic mass is 10.0. The fourth-order valence-electron chi connectivity index (χ4n) is 4.19. The van der Waals surface area contributed by atoms with E-state index in [2.05, 4.69) is 10.3 Å². The second kappa shape index (κ2) is 8.75. The van der Waals surface area contributed by atoms with Crippen molar-refractivity contribution in [2.24, 2.45) is 0 Å². The van der Waals surface area contributed by atoms with Crippen molar-refractivity contribution in [2.45, 2.75) is 24.6 Å². The molecular formula is C27H21F3N2O4. The average molecular weight is 494 g/mol. The van der Waals surface area contributed by atoms with E-state index in [4.69, 9.17) is 9.47 Å². The maximum Gasteiger partial charge on any atom is 0.416 e. The smallest absolute Gasteiger partial charge is 0.416 e. The lowest BCUT2D eigenvalue weighted by molar-refractivity contribution is -0.137. The molecule has 0 aliphatic heterocycles. The molecule has 0 radical (unpaired) electrons. The topological polar surface area (TPSA) is 80.4 Å². The highest BCUT2D eigenvalue weighted by Crippen LogP contribution is 2.46. The molecule has 0 spiro atoms. The van der Waals surface area contributed by atoms with Crippen LogP contribution < -0.4 is 10.1 Å². The van der Waals surface area contributed by atoms with Crippen LogP contribution in [-0.2, 0) is 16.5 Å². The number of ether oxygens (including phenoxy) is 2. The van der Waals surface area contributed by atoms with Crippen molar-refractivity contribution >= 4 is 22.8 Å². The molecule has 4 aromatic rings. The van der Waals surface area contributed by atoms with E-state index in [1.54, 1.807) is 48.7 Å². The Morgan fingerprint density at radius 2 is 1.67 bits per heavy atom. The molecule has 9 heteroatoms. The Bertz CT molecular complexity index is 1440. The van der Waals surface area contributed by atoms with Crippen molar-refractivity contribution in [3.8, 4) is 11.5 Å². The van der Waals surface area contributed by atoms with Gasteiger partial charge < -0.3 is 19.8 Å². The number of aromatic amines is 1. The molecule has 0 unspecified atom stereocenters. The predicted octanol–water partition coefficient (Wildman–Crippen LogP) is 6.18. The summed E-state index contributed by atoms with van der Waals surface area (Å²) in [5.41, 5.74) is 0.985. The van der Waals surface area contributed by atoms with E-state index < -0.39 is 23.2 Å². The molecule has 36 heavy (non-hydrogen) atoms. The van der Waals surface area contributed by atoms with E-state index in [0.29, 0.717) is 27.8 Å². The number of amides is 1. The van der Waals surface area contributed by atoms with Crippen LogP contribution in [0.5, 0.6) is 11.5 Å². The molecule has 0 atom stereocenters. The molecule has 6 nitrogen and oxygen atoms in total. The first kappa shape index (κ1) is 23.5. The fourth-order valence-corrected chi connectivity index (χ4v) is 4.19. The van der Waals surface area contributed by atoms with Crippen molar-refractivity contribution in [3.05, 3.63) is 95.2 Å². The fraction of sp³-hybridized carbons (Fsp3) is 0.185. The van der Waals surface area contributed by atoms with Gasteiger partial charge in [0.2, 0.25) is 0 Å². The van der Waals surface area contributed by atoms with Gasteiger partial charge in [-0.3, -0.25) is 4.79 Å². The van der Waals surface area contributed by atoms with Gasteiger partial charge in [0.25, 0.3) is 5.91 Å². The minimum absolute atomic E-state index is 0.215. The summed E-state index contributed by atoms with van der Waals surface area (Å²) in [4.78, 5) is 28.1. The maximum absolute atomic E-state index is 13.3. The first-order valence-corrected chi connectivity index (χ1v) is 11.2. The molecule has 1 aliphatic carbocycles. The van der Waals surface area contributed by atoms with Crippen molar-refractivity contribution in [1.82, 2.24) is 10.3 Å². The molecule has 1 aliphatic rings. The first-order chi connectivity index (χ1) is 17.2. The van der Waals surface area contributed by atoms with Crippen LogP contribution in [0, 0.1) is 0 Å². The van der Waals surface area contributed by atoms with Gasteiger partial charge >= 0.3 is 12.1 Å². The van der Waals surface area contributed by atoms with Gasteiger partial charge in [0.15, 0.2) is 0 Å². The standard InChI is InChI=1S/C27H21F3N2O4/c1-35-25(34)16-5-7-17(8-6-16)26(13-14-26)32-24(33)20-15-31-21-3-2-4-22(23(20)21)36-19-11-9-18(10-12-19)27(28,29)30/h2-12,15,31H,13-14H2,1H3,(H,32,33). The third kappa shape index (κ3) is 4.39. The summed E-state index contributed by atoms with van der Waals surface area (Å²) in [7, 11) is 1.32. The number of hydrogen-bond acceptors (Lipinski definition) is 4. The molecule has 1 heterocycles. The molecule has 1 saturated carbocycles. The Hall–Kier alpha value is -4.27. The predicted molar refractivity (Wildman–Crippen MR) is 126 cm³/mol. The van der Waals surface area contributed by atoms with Crippen LogP contribution in [-0.4, -0.2) is 24.0 Å². The summed E-state index contributed by atoms with van der Waals surface area (Å²) in [5, 5.41) is 3.62. The lowest BCUT2D eigenvalue weighted by Gasteiger charge is -2.18. The highest BCUT2D eigenvalue weighted by atomic mass is 19.4. The number of carbonyl (C=O) groups is 2. The molecule has 2 N–H and O–H groups in total. The van der Waals surface area contributed by atoms with Gasteiger partial charge in [-0.2, -0.15) is 13.2 Å². The van der Waals surface area contributed by atoms with Crippen LogP contribution in [0.1, 0.15) is 44.7 Å². The molecule has 5 rings (SSSR count). The van der Waals surface area contributed by atoms with Crippen molar-refractivity contribution < 1.29 is 32.2 Å². The van der Waals surface area contributed by atoms with Crippen molar-refractivity contribution in [2.75, 3.05) is 7.11 Å². The number of H-pyrrole nitrogens is 1. The Kier molecular flexibility index (Phi) is 5.70. The second-order valence-corrected chi connectivity index (χ2v) is 8.61. The number of aromatic nitrogens is 1. The number of rotatable bonds is 6. The molecule has 1 aromatic heterocycles. The third-order valence-corrected chi connectivity index (χ3v) is 6.28. The highest BCUT2D eigenvalue weighted by molar-refractivity contribution is 6.09. The number of halogens is 3. The van der Waals surface area contributed by atoms with E-state index in [1.807, 2.05) is 0 Å². The van der Waals surface area contributed by atoms with Gasteiger partial charge in [-0.25, -0.2) is 4.79 Å². The second-order valence-electron chi connectivity index (χ2n) is 8.61. The largest absolute Gasteiger partial charge is 0.465 e. The Balaban J connectivity index is 1.40. The van der Waals surface area contributed by atoms with Gasteiger partial charge in [-0.05, 0) is 66.9 Å². The summed E-state index contributed by atoms with van der Waals surface area (Å²) in [6, 6.07) is 16.5.